The van der Waals surface area contributed by atoms with Crippen molar-refractivity contribution < 1.29 is 10.2 Å². The Kier molecular flexibility index (Phi) is 5.51. The maximum atomic E-state index is 10.3. The van der Waals surface area contributed by atoms with Crippen LogP contribution < -0.4 is 0 Å². The highest BCUT2D eigenvalue weighted by Gasteiger charge is 2.23. The van der Waals surface area contributed by atoms with Crippen molar-refractivity contribution in [2.45, 2.75) is 71.6 Å². The average Bonchev–Trinajstić information content (AvgIpc) is 2.44. The molecule has 0 heterocycles. The molecule has 0 amide bonds. The summed E-state index contributed by atoms with van der Waals surface area (Å²) in [5.41, 5.74) is 4.35. The molecule has 0 radical (unpaired) electrons. The smallest absolute Gasteiger partial charge is 0.119 e. The zero-order valence-electron chi connectivity index (χ0n) is 16.5. The zero-order chi connectivity index (χ0) is 18.8. The van der Waals surface area contributed by atoms with E-state index in [0.717, 1.165) is 30.4 Å². The van der Waals surface area contributed by atoms with E-state index in [2.05, 4.69) is 53.7 Å². The topological polar surface area (TPSA) is 40.5 Å². The third-order valence-corrected chi connectivity index (χ3v) is 4.65. The molecule has 136 valence electrons. The maximum absolute atomic E-state index is 10.3. The minimum atomic E-state index is -0.0811. The van der Waals surface area contributed by atoms with Crippen molar-refractivity contribution in [1.29, 1.82) is 0 Å². The first-order chi connectivity index (χ1) is 11.5. The molecule has 0 aliphatic rings. The van der Waals surface area contributed by atoms with Crippen LogP contribution in [0.1, 0.15) is 70.2 Å². The quantitative estimate of drug-likeness (QED) is 0.731. The molecule has 0 fully saturated rings. The molecule has 0 saturated carbocycles. The Balaban J connectivity index is 2.21. The molecular formula is C23H32O2. The summed E-state index contributed by atoms with van der Waals surface area (Å²) < 4.78 is 0. The second-order valence-electron chi connectivity index (χ2n) is 8.98. The van der Waals surface area contributed by atoms with Crippen LogP contribution in [-0.2, 0) is 23.7 Å². The molecule has 0 saturated heterocycles. The zero-order valence-corrected chi connectivity index (χ0v) is 16.5. The first kappa shape index (κ1) is 19.4. The first-order valence-electron chi connectivity index (χ1n) is 9.14. The molecule has 2 aromatic rings. The Morgan fingerprint density at radius 1 is 0.640 bits per heavy atom. The highest BCUT2D eigenvalue weighted by molar-refractivity contribution is 5.45. The fourth-order valence-electron chi connectivity index (χ4n) is 3.79. The van der Waals surface area contributed by atoms with Gasteiger partial charge in [-0.3, -0.25) is 0 Å². The highest BCUT2D eigenvalue weighted by Crippen LogP contribution is 2.36. The predicted molar refractivity (Wildman–Crippen MR) is 106 cm³/mol. The van der Waals surface area contributed by atoms with E-state index >= 15 is 0 Å². The number of rotatable bonds is 4. The van der Waals surface area contributed by atoms with Gasteiger partial charge in [0.05, 0.1) is 0 Å². The van der Waals surface area contributed by atoms with Gasteiger partial charge in [-0.2, -0.15) is 0 Å². The summed E-state index contributed by atoms with van der Waals surface area (Å²) in [5, 5.41) is 20.6. The molecule has 2 rings (SSSR count). The third-order valence-electron chi connectivity index (χ3n) is 4.65. The third kappa shape index (κ3) is 4.56. The lowest BCUT2D eigenvalue weighted by atomic mass is 9.80. The van der Waals surface area contributed by atoms with E-state index in [1.807, 2.05) is 12.1 Å². The fraction of sp³-hybridized carbons (Fsp3) is 0.478. The van der Waals surface area contributed by atoms with Gasteiger partial charge in [-0.1, -0.05) is 65.8 Å². The lowest BCUT2D eigenvalue weighted by Crippen LogP contribution is -2.16. The van der Waals surface area contributed by atoms with Crippen LogP contribution >= 0.6 is 0 Å². The normalized spacial score (nSPS) is 12.4. The number of hydrogen-bond acceptors (Lipinski definition) is 2. The van der Waals surface area contributed by atoms with Crippen LogP contribution in [0.3, 0.4) is 0 Å². The van der Waals surface area contributed by atoms with Gasteiger partial charge in [0, 0.05) is 11.1 Å². The van der Waals surface area contributed by atoms with Gasteiger partial charge >= 0.3 is 0 Å². The van der Waals surface area contributed by atoms with Gasteiger partial charge in [0.25, 0.3) is 0 Å². The molecule has 0 aliphatic carbocycles. The number of phenols is 2. The second kappa shape index (κ2) is 7.11. The molecule has 0 bridgehead atoms. The Labute approximate surface area is 152 Å². The van der Waals surface area contributed by atoms with Crippen molar-refractivity contribution in [3.05, 3.63) is 58.7 Å². The summed E-state index contributed by atoms with van der Waals surface area (Å²) >= 11 is 0. The Bertz CT molecular complexity index is 667. The van der Waals surface area contributed by atoms with Crippen molar-refractivity contribution in [2.75, 3.05) is 0 Å². The van der Waals surface area contributed by atoms with E-state index in [0.29, 0.717) is 11.5 Å². The van der Waals surface area contributed by atoms with Crippen LogP contribution in [0.2, 0.25) is 0 Å². The van der Waals surface area contributed by atoms with Crippen molar-refractivity contribution in [3.63, 3.8) is 0 Å². The van der Waals surface area contributed by atoms with Crippen LogP contribution in [0.15, 0.2) is 36.4 Å². The lowest BCUT2D eigenvalue weighted by molar-refractivity contribution is 0.443. The van der Waals surface area contributed by atoms with E-state index < -0.39 is 0 Å². The van der Waals surface area contributed by atoms with E-state index in [4.69, 9.17) is 0 Å². The summed E-state index contributed by atoms with van der Waals surface area (Å²) in [4.78, 5) is 0. The van der Waals surface area contributed by atoms with Crippen LogP contribution in [0.4, 0.5) is 0 Å². The number of aromatic hydroxyl groups is 2. The van der Waals surface area contributed by atoms with E-state index in [9.17, 15) is 10.2 Å². The van der Waals surface area contributed by atoms with Gasteiger partial charge in [0.15, 0.2) is 0 Å². The van der Waals surface area contributed by atoms with E-state index in [1.54, 1.807) is 12.1 Å². The summed E-state index contributed by atoms with van der Waals surface area (Å²) in [5.74, 6) is 0.774. The molecule has 25 heavy (non-hydrogen) atoms. The van der Waals surface area contributed by atoms with Crippen LogP contribution in [0.5, 0.6) is 11.5 Å². The Morgan fingerprint density at radius 3 is 1.32 bits per heavy atom. The van der Waals surface area contributed by atoms with Crippen molar-refractivity contribution >= 4 is 0 Å². The highest BCUT2D eigenvalue weighted by atomic mass is 16.3. The van der Waals surface area contributed by atoms with E-state index in [-0.39, 0.29) is 10.8 Å². The van der Waals surface area contributed by atoms with Gasteiger partial charge in [0.2, 0.25) is 0 Å². The number of phenolic OH excluding ortho intramolecular Hbond substituents is 2. The first-order valence-corrected chi connectivity index (χ1v) is 9.14. The fourth-order valence-corrected chi connectivity index (χ4v) is 3.79. The standard InChI is InChI=1S/C23H32O2/c1-22(2,3)20-16(12-8-14-18(20)24)10-7-11-17-13-9-15-19(25)21(17)23(4,5)6/h8-9,12-15,24-25H,7,10-11H2,1-6H3. The molecule has 2 aromatic carbocycles. The molecule has 2 nitrogen and oxygen atoms in total. The SMILES string of the molecule is CC(C)(C)c1c(O)cccc1CCCc1cccc(O)c1C(C)(C)C. The molecule has 0 spiro atoms. The molecule has 2 heteroatoms. The Morgan fingerprint density at radius 2 is 1.00 bits per heavy atom. The second-order valence-corrected chi connectivity index (χ2v) is 8.98. The van der Waals surface area contributed by atoms with Crippen LogP contribution in [-0.4, -0.2) is 10.2 Å². The summed E-state index contributed by atoms with van der Waals surface area (Å²) in [6.45, 7) is 12.8. The van der Waals surface area contributed by atoms with Gasteiger partial charge < -0.3 is 10.2 Å². The summed E-state index contributed by atoms with van der Waals surface area (Å²) in [6, 6.07) is 11.6. The minimum Gasteiger partial charge on any atom is -0.508 e. The van der Waals surface area contributed by atoms with Gasteiger partial charge in [-0.15, -0.1) is 0 Å². The van der Waals surface area contributed by atoms with Crippen LogP contribution in [0.25, 0.3) is 0 Å². The molecular weight excluding hydrogens is 308 g/mol. The number of benzene rings is 2. The number of hydrogen-bond donors (Lipinski definition) is 2. The summed E-state index contributed by atoms with van der Waals surface area (Å²) in [7, 11) is 0. The van der Waals surface area contributed by atoms with Gasteiger partial charge in [-0.05, 0) is 53.4 Å². The maximum Gasteiger partial charge on any atom is 0.119 e. The molecule has 0 aliphatic heterocycles. The van der Waals surface area contributed by atoms with Gasteiger partial charge in [-0.25, -0.2) is 0 Å². The number of aryl methyl sites for hydroxylation is 2. The summed E-state index contributed by atoms with van der Waals surface area (Å²) in [6.07, 6.45) is 2.82. The molecule has 0 aromatic heterocycles. The predicted octanol–water partition coefficient (Wildman–Crippen LogP) is 5.87. The lowest BCUT2D eigenvalue weighted by Gasteiger charge is -2.25. The van der Waals surface area contributed by atoms with Crippen molar-refractivity contribution in [3.8, 4) is 11.5 Å². The van der Waals surface area contributed by atoms with Gasteiger partial charge in [0.1, 0.15) is 11.5 Å². The Hall–Kier alpha value is -1.96. The molecule has 2 N–H and O–H groups in total. The van der Waals surface area contributed by atoms with E-state index in [1.165, 1.54) is 11.1 Å². The molecule has 0 atom stereocenters. The average molecular weight is 341 g/mol. The minimum absolute atomic E-state index is 0.0811. The van der Waals surface area contributed by atoms with Crippen LogP contribution in [0, 0.1) is 0 Å². The largest absolute Gasteiger partial charge is 0.508 e. The van der Waals surface area contributed by atoms with Crippen molar-refractivity contribution in [1.82, 2.24) is 0 Å². The monoisotopic (exact) mass is 340 g/mol. The van der Waals surface area contributed by atoms with Crippen molar-refractivity contribution in [2.24, 2.45) is 0 Å². The molecule has 0 unspecified atom stereocenters.